The van der Waals surface area contributed by atoms with Crippen molar-refractivity contribution in [3.8, 4) is 22.3 Å². The standard InChI is InChI=1S/C29H29Cl2N3O4/c30-26-4-3-18(17-27(26)31)21-15-23-22-14-20(2-1-19(22)13-24(23)25(16-21)28(32)36)29(37)34-7-5-33(6-8-34)9-11-38-12-10-35/h1-4,14-17,35H,5-13H2,(H2,32,36). The van der Waals surface area contributed by atoms with Crippen molar-refractivity contribution >= 4 is 35.0 Å². The molecule has 9 heteroatoms. The summed E-state index contributed by atoms with van der Waals surface area (Å²) in [5.74, 6) is -0.500. The van der Waals surface area contributed by atoms with E-state index in [4.69, 9.17) is 38.8 Å². The van der Waals surface area contributed by atoms with Crippen molar-refractivity contribution in [1.82, 2.24) is 9.80 Å². The Labute approximate surface area is 231 Å². The summed E-state index contributed by atoms with van der Waals surface area (Å²) in [6, 6.07) is 14.9. The number of benzene rings is 3. The second kappa shape index (κ2) is 11.4. The Hall–Kier alpha value is -2.94. The molecular weight excluding hydrogens is 525 g/mol. The molecule has 0 bridgehead atoms. The van der Waals surface area contributed by atoms with Crippen molar-refractivity contribution < 1.29 is 19.4 Å². The summed E-state index contributed by atoms with van der Waals surface area (Å²) in [5, 5.41) is 9.71. The zero-order chi connectivity index (χ0) is 26.8. The van der Waals surface area contributed by atoms with E-state index < -0.39 is 5.91 Å². The largest absolute Gasteiger partial charge is 0.394 e. The van der Waals surface area contributed by atoms with E-state index in [1.165, 1.54) is 0 Å². The third-order valence-corrected chi connectivity index (χ3v) is 7.97. The van der Waals surface area contributed by atoms with E-state index in [1.54, 1.807) is 18.2 Å². The van der Waals surface area contributed by atoms with Gasteiger partial charge in [-0.25, -0.2) is 0 Å². The van der Waals surface area contributed by atoms with Crippen LogP contribution in [0, 0.1) is 0 Å². The van der Waals surface area contributed by atoms with Crippen LogP contribution in [0.25, 0.3) is 22.3 Å². The summed E-state index contributed by atoms with van der Waals surface area (Å²) in [6.07, 6.45) is 0.579. The molecule has 2 amide bonds. The fourth-order valence-corrected chi connectivity index (χ4v) is 5.49. The molecule has 1 heterocycles. The number of carbonyl (C=O) groups excluding carboxylic acids is 2. The lowest BCUT2D eigenvalue weighted by Gasteiger charge is -2.34. The number of rotatable bonds is 8. The molecule has 3 aromatic carbocycles. The molecule has 0 radical (unpaired) electrons. The maximum absolute atomic E-state index is 13.4. The fraction of sp³-hybridized carbons (Fsp3) is 0.310. The first-order valence-electron chi connectivity index (χ1n) is 12.6. The predicted octanol–water partition coefficient (Wildman–Crippen LogP) is 4.10. The molecule has 0 atom stereocenters. The fourth-order valence-electron chi connectivity index (χ4n) is 5.19. The number of ether oxygens (including phenoxy) is 1. The van der Waals surface area contributed by atoms with Gasteiger partial charge in [0.2, 0.25) is 5.91 Å². The molecule has 0 spiro atoms. The number of amides is 2. The van der Waals surface area contributed by atoms with Crippen LogP contribution in [0.15, 0.2) is 48.5 Å². The highest BCUT2D eigenvalue weighted by Crippen LogP contribution is 2.42. The smallest absolute Gasteiger partial charge is 0.253 e. The molecule has 1 fully saturated rings. The second-order valence-corrected chi connectivity index (χ2v) is 10.4. The summed E-state index contributed by atoms with van der Waals surface area (Å²) < 4.78 is 5.36. The minimum atomic E-state index is -0.494. The van der Waals surface area contributed by atoms with E-state index in [2.05, 4.69) is 4.90 Å². The van der Waals surface area contributed by atoms with Gasteiger partial charge in [0.05, 0.1) is 29.9 Å². The van der Waals surface area contributed by atoms with Crippen LogP contribution >= 0.6 is 23.2 Å². The van der Waals surface area contributed by atoms with E-state index in [9.17, 15) is 9.59 Å². The number of carbonyl (C=O) groups is 2. The Morgan fingerprint density at radius 1 is 0.895 bits per heavy atom. The zero-order valence-corrected chi connectivity index (χ0v) is 22.4. The van der Waals surface area contributed by atoms with Crippen molar-refractivity contribution in [3.63, 3.8) is 0 Å². The monoisotopic (exact) mass is 553 g/mol. The zero-order valence-electron chi connectivity index (χ0n) is 20.9. The molecule has 198 valence electrons. The van der Waals surface area contributed by atoms with Crippen molar-refractivity contribution in [2.24, 2.45) is 5.73 Å². The maximum atomic E-state index is 13.4. The minimum Gasteiger partial charge on any atom is -0.394 e. The van der Waals surface area contributed by atoms with Crippen LogP contribution in [-0.2, 0) is 11.2 Å². The molecule has 1 saturated heterocycles. The SMILES string of the molecule is NC(=O)c1cc(-c2ccc(Cl)c(Cl)c2)cc2c1Cc1ccc(C(=O)N3CCN(CCOCCO)CC3)cc1-2. The van der Waals surface area contributed by atoms with Gasteiger partial charge >= 0.3 is 0 Å². The quantitative estimate of drug-likeness (QED) is 0.320. The van der Waals surface area contributed by atoms with Crippen LogP contribution in [0.2, 0.25) is 10.0 Å². The minimum absolute atomic E-state index is 0.00630. The average molecular weight is 554 g/mol. The van der Waals surface area contributed by atoms with Crippen LogP contribution < -0.4 is 5.73 Å². The first-order valence-corrected chi connectivity index (χ1v) is 13.4. The summed E-state index contributed by atoms with van der Waals surface area (Å²) in [5.41, 5.74) is 12.3. The molecule has 38 heavy (non-hydrogen) atoms. The summed E-state index contributed by atoms with van der Waals surface area (Å²) >= 11 is 12.4. The third-order valence-electron chi connectivity index (χ3n) is 7.23. The molecule has 7 nitrogen and oxygen atoms in total. The Morgan fingerprint density at radius 2 is 1.68 bits per heavy atom. The highest BCUT2D eigenvalue weighted by atomic mass is 35.5. The van der Waals surface area contributed by atoms with E-state index in [0.717, 1.165) is 53.0 Å². The van der Waals surface area contributed by atoms with Crippen LogP contribution in [0.3, 0.4) is 0 Å². The van der Waals surface area contributed by atoms with Crippen molar-refractivity contribution in [2.45, 2.75) is 6.42 Å². The van der Waals surface area contributed by atoms with Gasteiger partial charge in [0, 0.05) is 43.9 Å². The molecule has 0 saturated carbocycles. The molecule has 0 unspecified atom stereocenters. The van der Waals surface area contributed by atoms with Crippen molar-refractivity contribution in [1.29, 1.82) is 0 Å². The molecule has 3 N–H and O–H groups in total. The topological polar surface area (TPSA) is 96.1 Å². The van der Waals surface area contributed by atoms with E-state index >= 15 is 0 Å². The summed E-state index contributed by atoms with van der Waals surface area (Å²) in [7, 11) is 0. The van der Waals surface area contributed by atoms with Crippen molar-refractivity contribution in [2.75, 3.05) is 52.5 Å². The van der Waals surface area contributed by atoms with Crippen LogP contribution in [0.1, 0.15) is 31.8 Å². The lowest BCUT2D eigenvalue weighted by Crippen LogP contribution is -2.49. The number of piperazine rings is 1. The van der Waals surface area contributed by atoms with Crippen LogP contribution in [0.5, 0.6) is 0 Å². The number of hydrogen-bond acceptors (Lipinski definition) is 5. The molecular formula is C29H29Cl2N3O4. The van der Waals surface area contributed by atoms with E-state index in [1.807, 2.05) is 35.2 Å². The van der Waals surface area contributed by atoms with Gasteiger partial charge in [0.1, 0.15) is 0 Å². The number of fused-ring (bicyclic) bond motifs is 3. The summed E-state index contributed by atoms with van der Waals surface area (Å²) in [4.78, 5) is 30.0. The Balaban J connectivity index is 1.39. The molecule has 1 aliphatic carbocycles. The normalized spacial score (nSPS) is 14.9. The Morgan fingerprint density at radius 3 is 2.39 bits per heavy atom. The summed E-state index contributed by atoms with van der Waals surface area (Å²) in [6.45, 7) is 4.54. The highest BCUT2D eigenvalue weighted by molar-refractivity contribution is 6.42. The Kier molecular flexibility index (Phi) is 8.02. The average Bonchev–Trinajstić information content (AvgIpc) is 3.30. The highest BCUT2D eigenvalue weighted by Gasteiger charge is 2.27. The number of halogens is 2. The van der Waals surface area contributed by atoms with Gasteiger partial charge in [0.15, 0.2) is 0 Å². The van der Waals surface area contributed by atoms with E-state index in [-0.39, 0.29) is 12.5 Å². The molecule has 3 aromatic rings. The number of hydrogen-bond donors (Lipinski definition) is 2. The number of nitrogens with two attached hydrogens (primary N) is 1. The second-order valence-electron chi connectivity index (χ2n) is 9.56. The third kappa shape index (κ3) is 5.44. The predicted molar refractivity (Wildman–Crippen MR) is 149 cm³/mol. The van der Waals surface area contributed by atoms with Crippen LogP contribution in [-0.4, -0.2) is 79.3 Å². The van der Waals surface area contributed by atoms with Gasteiger partial charge in [-0.2, -0.15) is 0 Å². The van der Waals surface area contributed by atoms with Crippen molar-refractivity contribution in [3.05, 3.63) is 80.8 Å². The van der Waals surface area contributed by atoms with Gasteiger partial charge in [-0.3, -0.25) is 14.5 Å². The van der Waals surface area contributed by atoms with Gasteiger partial charge in [-0.1, -0.05) is 35.3 Å². The van der Waals surface area contributed by atoms with Gasteiger partial charge < -0.3 is 20.5 Å². The van der Waals surface area contributed by atoms with Gasteiger partial charge in [0.25, 0.3) is 5.91 Å². The maximum Gasteiger partial charge on any atom is 0.253 e. The molecule has 0 aromatic heterocycles. The number of aliphatic hydroxyl groups excluding tert-OH is 1. The first kappa shape index (κ1) is 26.7. The first-order chi connectivity index (χ1) is 18.4. The lowest BCUT2D eigenvalue weighted by atomic mass is 9.93. The van der Waals surface area contributed by atoms with Gasteiger partial charge in [-0.05, 0) is 76.2 Å². The molecule has 1 aliphatic heterocycles. The Bertz CT molecular complexity index is 1390. The van der Waals surface area contributed by atoms with Gasteiger partial charge in [-0.15, -0.1) is 0 Å². The lowest BCUT2D eigenvalue weighted by molar-refractivity contribution is 0.0486. The number of aliphatic hydroxyl groups is 1. The molecule has 5 rings (SSSR count). The van der Waals surface area contributed by atoms with E-state index in [0.29, 0.717) is 53.9 Å². The van der Waals surface area contributed by atoms with Crippen LogP contribution in [0.4, 0.5) is 0 Å². The number of nitrogens with zero attached hydrogens (tertiary/aromatic N) is 2. The molecule has 2 aliphatic rings. The number of primary amides is 1.